The molecule has 2 nitrogen and oxygen atoms in total. The predicted molar refractivity (Wildman–Crippen MR) is 91.8 cm³/mol. The van der Waals surface area contributed by atoms with Gasteiger partial charge < -0.3 is 5.32 Å². The third-order valence-corrected chi connectivity index (χ3v) is 4.70. The summed E-state index contributed by atoms with van der Waals surface area (Å²) in [6, 6.07) is 8.14. The van der Waals surface area contributed by atoms with Crippen molar-refractivity contribution in [1.29, 1.82) is 0 Å². The molecule has 1 N–H and O–H groups in total. The molecule has 0 bridgehead atoms. The second kappa shape index (κ2) is 7.95. The van der Waals surface area contributed by atoms with E-state index in [9.17, 15) is 0 Å². The normalized spacial score (nSPS) is 22.0. The van der Waals surface area contributed by atoms with Crippen LogP contribution in [-0.4, -0.2) is 30.6 Å². The largest absolute Gasteiger partial charge is 0.309 e. The molecule has 1 saturated heterocycles. The van der Waals surface area contributed by atoms with Crippen LogP contribution in [0.15, 0.2) is 18.2 Å². The van der Waals surface area contributed by atoms with E-state index in [0.717, 1.165) is 19.1 Å². The number of nitrogens with one attached hydrogen (secondary N) is 1. The molecule has 0 aliphatic carbocycles. The lowest BCUT2D eigenvalue weighted by atomic mass is 10.00. The fourth-order valence-corrected chi connectivity index (χ4v) is 3.59. The molecular weight excluding hydrogens is 256 g/mol. The Morgan fingerprint density at radius 1 is 1.14 bits per heavy atom. The van der Waals surface area contributed by atoms with Crippen molar-refractivity contribution in [2.24, 2.45) is 0 Å². The minimum atomic E-state index is 0.453. The van der Waals surface area contributed by atoms with E-state index in [1.807, 2.05) is 0 Å². The van der Waals surface area contributed by atoms with Gasteiger partial charge in [-0.15, -0.1) is 0 Å². The number of hydrogen-bond acceptors (Lipinski definition) is 2. The van der Waals surface area contributed by atoms with Gasteiger partial charge in [-0.05, 0) is 52.3 Å². The summed E-state index contributed by atoms with van der Waals surface area (Å²) in [6.45, 7) is 12.4. The molecule has 0 saturated carbocycles. The average molecular weight is 288 g/mol. The number of benzene rings is 1. The first-order valence-corrected chi connectivity index (χ1v) is 8.65. The van der Waals surface area contributed by atoms with Crippen molar-refractivity contribution in [2.75, 3.05) is 19.6 Å². The van der Waals surface area contributed by atoms with Crippen LogP contribution >= 0.6 is 0 Å². The summed E-state index contributed by atoms with van der Waals surface area (Å²) in [6.07, 6.45) is 5.51. The molecule has 21 heavy (non-hydrogen) atoms. The van der Waals surface area contributed by atoms with Gasteiger partial charge in [-0.3, -0.25) is 4.90 Å². The first-order chi connectivity index (χ1) is 10.1. The number of likely N-dealkylation sites (tertiary alicyclic amines) is 1. The summed E-state index contributed by atoms with van der Waals surface area (Å²) < 4.78 is 0. The predicted octanol–water partition coefficient (Wildman–Crippen LogP) is 4.22. The number of rotatable bonds is 5. The molecule has 0 radical (unpaired) electrons. The van der Waals surface area contributed by atoms with E-state index >= 15 is 0 Å². The standard InChI is InChI=1S/C19H32N2/c1-5-20-19(18-12-15(2)11-16(3)13-18)14-21-10-8-6-7-9-17(21)4/h11-13,17,19-20H,5-10,14H2,1-4H3. The molecule has 0 amide bonds. The maximum absolute atomic E-state index is 3.70. The molecule has 2 heteroatoms. The fraction of sp³-hybridized carbons (Fsp3) is 0.684. The zero-order chi connectivity index (χ0) is 15.2. The highest BCUT2D eigenvalue weighted by Gasteiger charge is 2.21. The van der Waals surface area contributed by atoms with E-state index < -0.39 is 0 Å². The monoisotopic (exact) mass is 288 g/mol. The summed E-state index contributed by atoms with van der Waals surface area (Å²) >= 11 is 0. The third kappa shape index (κ3) is 4.82. The summed E-state index contributed by atoms with van der Waals surface area (Å²) in [5, 5.41) is 3.70. The van der Waals surface area contributed by atoms with E-state index in [-0.39, 0.29) is 0 Å². The molecule has 1 aliphatic rings. The first kappa shape index (κ1) is 16.5. The van der Waals surface area contributed by atoms with E-state index in [0.29, 0.717) is 6.04 Å². The average Bonchev–Trinajstić information content (AvgIpc) is 2.62. The zero-order valence-electron chi connectivity index (χ0n) is 14.3. The lowest BCUT2D eigenvalue weighted by Gasteiger charge is -2.32. The second-order valence-corrected chi connectivity index (χ2v) is 6.72. The highest BCUT2D eigenvalue weighted by atomic mass is 15.2. The van der Waals surface area contributed by atoms with Crippen LogP contribution in [0.25, 0.3) is 0 Å². The Kier molecular flexibility index (Phi) is 6.25. The van der Waals surface area contributed by atoms with Crippen LogP contribution in [0.5, 0.6) is 0 Å². The Bertz CT molecular complexity index is 421. The van der Waals surface area contributed by atoms with Gasteiger partial charge in [-0.25, -0.2) is 0 Å². The van der Waals surface area contributed by atoms with Crippen molar-refractivity contribution in [1.82, 2.24) is 10.2 Å². The van der Waals surface area contributed by atoms with Gasteiger partial charge >= 0.3 is 0 Å². The summed E-state index contributed by atoms with van der Waals surface area (Å²) in [7, 11) is 0. The van der Waals surface area contributed by atoms with E-state index in [1.165, 1.54) is 48.9 Å². The molecule has 0 aromatic heterocycles. The number of hydrogen-bond donors (Lipinski definition) is 1. The Morgan fingerprint density at radius 3 is 2.52 bits per heavy atom. The maximum Gasteiger partial charge on any atom is 0.0449 e. The van der Waals surface area contributed by atoms with E-state index in [2.05, 4.69) is 56.1 Å². The molecule has 1 aromatic carbocycles. The highest BCUT2D eigenvalue weighted by Crippen LogP contribution is 2.22. The molecule has 0 spiro atoms. The molecule has 1 aliphatic heterocycles. The number of nitrogens with zero attached hydrogens (tertiary/aromatic N) is 1. The van der Waals surface area contributed by atoms with Crippen LogP contribution in [0.4, 0.5) is 0 Å². The Hall–Kier alpha value is -0.860. The number of aryl methyl sites for hydroxylation is 2. The minimum absolute atomic E-state index is 0.453. The summed E-state index contributed by atoms with van der Waals surface area (Å²) in [4.78, 5) is 2.69. The lowest BCUT2D eigenvalue weighted by molar-refractivity contribution is 0.191. The highest BCUT2D eigenvalue weighted by molar-refractivity contribution is 5.31. The van der Waals surface area contributed by atoms with E-state index in [4.69, 9.17) is 0 Å². The van der Waals surface area contributed by atoms with Gasteiger partial charge in [0.25, 0.3) is 0 Å². The van der Waals surface area contributed by atoms with Crippen molar-refractivity contribution in [2.45, 2.75) is 65.5 Å². The molecule has 2 unspecified atom stereocenters. The van der Waals surface area contributed by atoms with Crippen LogP contribution in [0.2, 0.25) is 0 Å². The van der Waals surface area contributed by atoms with Crippen molar-refractivity contribution in [3.63, 3.8) is 0 Å². The van der Waals surface area contributed by atoms with E-state index in [1.54, 1.807) is 0 Å². The number of likely N-dealkylation sites (N-methyl/N-ethyl adjacent to an activating group) is 1. The van der Waals surface area contributed by atoms with Crippen LogP contribution < -0.4 is 5.32 Å². The SMILES string of the molecule is CCNC(CN1CCCCCC1C)c1cc(C)cc(C)c1. The summed E-state index contributed by atoms with van der Waals surface area (Å²) in [5.41, 5.74) is 4.19. The van der Waals surface area contributed by atoms with Gasteiger partial charge in [-0.1, -0.05) is 49.1 Å². The zero-order valence-corrected chi connectivity index (χ0v) is 14.3. The summed E-state index contributed by atoms with van der Waals surface area (Å²) in [5.74, 6) is 0. The maximum atomic E-state index is 3.70. The smallest absolute Gasteiger partial charge is 0.0449 e. The van der Waals surface area contributed by atoms with Crippen molar-refractivity contribution in [3.8, 4) is 0 Å². The molecule has 1 heterocycles. The van der Waals surface area contributed by atoms with Gasteiger partial charge in [0.15, 0.2) is 0 Å². The third-order valence-electron chi connectivity index (χ3n) is 4.70. The van der Waals surface area contributed by atoms with Gasteiger partial charge in [0.1, 0.15) is 0 Å². The van der Waals surface area contributed by atoms with Gasteiger partial charge in [0, 0.05) is 18.6 Å². The minimum Gasteiger partial charge on any atom is -0.309 e. The molecular formula is C19H32N2. The first-order valence-electron chi connectivity index (χ1n) is 8.65. The molecule has 1 fully saturated rings. The van der Waals surface area contributed by atoms with Crippen LogP contribution in [0.3, 0.4) is 0 Å². The Labute approximate surface area is 130 Å². The van der Waals surface area contributed by atoms with Crippen molar-refractivity contribution in [3.05, 3.63) is 34.9 Å². The molecule has 118 valence electrons. The molecule has 1 aromatic rings. The van der Waals surface area contributed by atoms with Crippen LogP contribution in [0, 0.1) is 13.8 Å². The fourth-order valence-electron chi connectivity index (χ4n) is 3.59. The topological polar surface area (TPSA) is 15.3 Å². The molecule has 2 rings (SSSR count). The van der Waals surface area contributed by atoms with Gasteiger partial charge in [0.05, 0.1) is 0 Å². The van der Waals surface area contributed by atoms with Crippen molar-refractivity contribution >= 4 is 0 Å². The van der Waals surface area contributed by atoms with Crippen molar-refractivity contribution < 1.29 is 0 Å². The van der Waals surface area contributed by atoms with Crippen LogP contribution in [-0.2, 0) is 0 Å². The quantitative estimate of drug-likeness (QED) is 0.872. The van der Waals surface area contributed by atoms with Gasteiger partial charge in [-0.2, -0.15) is 0 Å². The Morgan fingerprint density at radius 2 is 1.86 bits per heavy atom. The lowest BCUT2D eigenvalue weighted by Crippen LogP contribution is -2.40. The van der Waals surface area contributed by atoms with Gasteiger partial charge in [0.2, 0.25) is 0 Å². The second-order valence-electron chi connectivity index (χ2n) is 6.72. The molecule has 2 atom stereocenters. The Balaban J connectivity index is 2.13. The van der Waals surface area contributed by atoms with Crippen LogP contribution in [0.1, 0.15) is 62.3 Å².